The summed E-state index contributed by atoms with van der Waals surface area (Å²) < 4.78 is 0. The van der Waals surface area contributed by atoms with E-state index in [4.69, 9.17) is 5.73 Å². The Kier molecular flexibility index (Phi) is 5.18. The van der Waals surface area contributed by atoms with Crippen molar-refractivity contribution in [2.75, 3.05) is 11.9 Å². The van der Waals surface area contributed by atoms with Crippen molar-refractivity contribution < 1.29 is 0 Å². The molecule has 0 bridgehead atoms. The van der Waals surface area contributed by atoms with Gasteiger partial charge in [0.1, 0.15) is 0 Å². The van der Waals surface area contributed by atoms with Gasteiger partial charge in [-0.3, -0.25) is 4.99 Å². The van der Waals surface area contributed by atoms with Gasteiger partial charge in [-0.15, -0.1) is 0 Å². The second kappa shape index (κ2) is 7.10. The average Bonchev–Trinajstić information content (AvgIpc) is 2.99. The molecule has 0 aliphatic rings. The molecule has 0 amide bonds. The highest BCUT2D eigenvalue weighted by atomic mass is 32.1. The van der Waals surface area contributed by atoms with Crippen molar-refractivity contribution in [3.63, 3.8) is 0 Å². The summed E-state index contributed by atoms with van der Waals surface area (Å²) in [5.41, 5.74) is 9.54. The van der Waals surface area contributed by atoms with Gasteiger partial charge in [0.2, 0.25) is 0 Å². The van der Waals surface area contributed by atoms with Crippen LogP contribution in [0, 0.1) is 0 Å². The second-order valence-electron chi connectivity index (χ2n) is 4.86. The number of benzene rings is 1. The molecule has 0 aliphatic carbocycles. The number of nitrogens with one attached hydrogen (secondary N) is 1. The van der Waals surface area contributed by atoms with Crippen LogP contribution >= 0.6 is 11.3 Å². The minimum absolute atomic E-state index is 0.392. The number of anilines is 1. The van der Waals surface area contributed by atoms with Gasteiger partial charge in [-0.05, 0) is 46.5 Å². The Morgan fingerprint density at radius 3 is 2.95 bits per heavy atom. The standard InChI is InChI=1S/C16H21N3S/c1-3-13-5-4-6-15(9-13)19-16(17)18-10-12(2)14-7-8-20-11-14/h4-9,11-12H,3,10H2,1-2H3,(H3,17,18,19). The quantitative estimate of drug-likeness (QED) is 0.648. The molecule has 3 nitrogen and oxygen atoms in total. The SMILES string of the molecule is CCc1cccc(NC(N)=NCC(C)c2ccsc2)c1. The zero-order valence-corrected chi connectivity index (χ0v) is 12.8. The van der Waals surface area contributed by atoms with Gasteiger partial charge < -0.3 is 11.1 Å². The molecule has 1 aromatic heterocycles. The number of thiophene rings is 1. The van der Waals surface area contributed by atoms with E-state index in [0.29, 0.717) is 18.4 Å². The minimum Gasteiger partial charge on any atom is -0.370 e. The summed E-state index contributed by atoms with van der Waals surface area (Å²) in [5.74, 6) is 0.865. The van der Waals surface area contributed by atoms with Crippen molar-refractivity contribution in [1.82, 2.24) is 0 Å². The van der Waals surface area contributed by atoms with Crippen molar-refractivity contribution in [1.29, 1.82) is 0 Å². The predicted molar refractivity (Wildman–Crippen MR) is 88.7 cm³/mol. The number of aliphatic imine (C=N–C) groups is 1. The lowest BCUT2D eigenvalue weighted by molar-refractivity contribution is 0.778. The molecule has 0 radical (unpaired) electrons. The first-order chi connectivity index (χ1) is 9.69. The predicted octanol–water partition coefficient (Wildman–Crippen LogP) is 3.84. The number of hydrogen-bond acceptors (Lipinski definition) is 2. The van der Waals surface area contributed by atoms with Crippen LogP contribution in [0.15, 0.2) is 46.1 Å². The number of rotatable bonds is 5. The smallest absolute Gasteiger partial charge is 0.193 e. The summed E-state index contributed by atoms with van der Waals surface area (Å²) in [6, 6.07) is 10.4. The molecule has 3 N–H and O–H groups in total. The summed E-state index contributed by atoms with van der Waals surface area (Å²) in [6.07, 6.45) is 1.02. The van der Waals surface area contributed by atoms with Gasteiger partial charge in [0.05, 0.1) is 0 Å². The molecular weight excluding hydrogens is 266 g/mol. The lowest BCUT2D eigenvalue weighted by Gasteiger charge is -2.09. The Morgan fingerprint density at radius 2 is 2.25 bits per heavy atom. The fraction of sp³-hybridized carbons (Fsp3) is 0.312. The third kappa shape index (κ3) is 4.10. The summed E-state index contributed by atoms with van der Waals surface area (Å²) in [4.78, 5) is 4.42. The minimum atomic E-state index is 0.392. The number of aryl methyl sites for hydroxylation is 1. The molecule has 2 aromatic rings. The fourth-order valence-corrected chi connectivity index (χ4v) is 2.73. The van der Waals surface area contributed by atoms with Crippen LogP contribution < -0.4 is 11.1 Å². The number of nitrogens with zero attached hydrogens (tertiary/aromatic N) is 1. The van der Waals surface area contributed by atoms with E-state index in [1.165, 1.54) is 11.1 Å². The third-order valence-corrected chi connectivity index (χ3v) is 3.96. The largest absolute Gasteiger partial charge is 0.370 e. The normalized spacial score (nSPS) is 13.2. The van der Waals surface area contributed by atoms with Gasteiger partial charge in [0.15, 0.2) is 5.96 Å². The van der Waals surface area contributed by atoms with Crippen molar-refractivity contribution in [3.8, 4) is 0 Å². The maximum Gasteiger partial charge on any atom is 0.193 e. The van der Waals surface area contributed by atoms with Gasteiger partial charge in [-0.1, -0.05) is 26.0 Å². The lowest BCUT2D eigenvalue weighted by atomic mass is 10.1. The van der Waals surface area contributed by atoms with E-state index < -0.39 is 0 Å². The molecule has 0 saturated carbocycles. The molecule has 4 heteroatoms. The first-order valence-corrected chi connectivity index (χ1v) is 7.81. The monoisotopic (exact) mass is 287 g/mol. The zero-order chi connectivity index (χ0) is 14.4. The van der Waals surface area contributed by atoms with Crippen LogP contribution in [0.3, 0.4) is 0 Å². The molecule has 20 heavy (non-hydrogen) atoms. The maximum atomic E-state index is 5.94. The first kappa shape index (κ1) is 14.6. The van der Waals surface area contributed by atoms with E-state index in [-0.39, 0.29) is 0 Å². The summed E-state index contributed by atoms with van der Waals surface area (Å²) in [6.45, 7) is 5.00. The Morgan fingerprint density at radius 1 is 1.40 bits per heavy atom. The molecular formula is C16H21N3S. The highest BCUT2D eigenvalue weighted by Crippen LogP contribution is 2.18. The van der Waals surface area contributed by atoms with E-state index in [1.807, 2.05) is 12.1 Å². The van der Waals surface area contributed by atoms with Crippen LogP contribution in [-0.2, 0) is 6.42 Å². The first-order valence-electron chi connectivity index (χ1n) is 6.87. The summed E-state index contributed by atoms with van der Waals surface area (Å²) in [7, 11) is 0. The molecule has 1 unspecified atom stereocenters. The van der Waals surface area contributed by atoms with Gasteiger partial charge in [-0.2, -0.15) is 11.3 Å². The van der Waals surface area contributed by atoms with Crippen LogP contribution in [0.25, 0.3) is 0 Å². The molecule has 0 aliphatic heterocycles. The Hall–Kier alpha value is -1.81. The second-order valence-corrected chi connectivity index (χ2v) is 5.64. The van der Waals surface area contributed by atoms with E-state index in [0.717, 1.165) is 12.1 Å². The molecule has 1 aromatic carbocycles. The van der Waals surface area contributed by atoms with Gasteiger partial charge in [0, 0.05) is 18.2 Å². The third-order valence-electron chi connectivity index (χ3n) is 3.26. The Labute approximate surface area is 124 Å². The lowest BCUT2D eigenvalue weighted by Crippen LogP contribution is -2.23. The van der Waals surface area contributed by atoms with Crippen LogP contribution in [0.1, 0.15) is 30.9 Å². The highest BCUT2D eigenvalue weighted by Gasteiger charge is 2.05. The van der Waals surface area contributed by atoms with Crippen molar-refractivity contribution >= 4 is 23.0 Å². The van der Waals surface area contributed by atoms with Crippen LogP contribution in [-0.4, -0.2) is 12.5 Å². The molecule has 0 fully saturated rings. The molecule has 0 saturated heterocycles. The van der Waals surface area contributed by atoms with Crippen molar-refractivity contribution in [2.24, 2.45) is 10.7 Å². The Bertz CT molecular complexity index is 561. The Balaban J connectivity index is 1.93. The fourth-order valence-electron chi connectivity index (χ4n) is 1.95. The van der Waals surface area contributed by atoms with Crippen LogP contribution in [0.2, 0.25) is 0 Å². The number of guanidine groups is 1. The molecule has 1 atom stereocenters. The van der Waals surface area contributed by atoms with Crippen LogP contribution in [0.4, 0.5) is 5.69 Å². The average molecular weight is 287 g/mol. The van der Waals surface area contributed by atoms with Gasteiger partial charge in [-0.25, -0.2) is 0 Å². The number of hydrogen-bond donors (Lipinski definition) is 2. The van der Waals surface area contributed by atoms with E-state index in [9.17, 15) is 0 Å². The van der Waals surface area contributed by atoms with E-state index >= 15 is 0 Å². The molecule has 106 valence electrons. The van der Waals surface area contributed by atoms with Gasteiger partial charge in [0.25, 0.3) is 0 Å². The van der Waals surface area contributed by atoms with Crippen molar-refractivity contribution in [2.45, 2.75) is 26.2 Å². The summed E-state index contributed by atoms with van der Waals surface area (Å²) >= 11 is 1.71. The van der Waals surface area contributed by atoms with Crippen LogP contribution in [0.5, 0.6) is 0 Å². The highest BCUT2D eigenvalue weighted by molar-refractivity contribution is 7.07. The molecule has 2 rings (SSSR count). The van der Waals surface area contributed by atoms with Crippen molar-refractivity contribution in [3.05, 3.63) is 52.2 Å². The topological polar surface area (TPSA) is 50.4 Å². The summed E-state index contributed by atoms with van der Waals surface area (Å²) in [5, 5.41) is 7.40. The molecule has 0 spiro atoms. The maximum absolute atomic E-state index is 5.94. The molecule has 1 heterocycles. The van der Waals surface area contributed by atoms with E-state index in [2.05, 4.69) is 53.1 Å². The number of nitrogens with two attached hydrogens (primary N) is 1. The zero-order valence-electron chi connectivity index (χ0n) is 12.0. The van der Waals surface area contributed by atoms with Gasteiger partial charge >= 0.3 is 0 Å². The van der Waals surface area contributed by atoms with E-state index in [1.54, 1.807) is 11.3 Å².